The van der Waals surface area contributed by atoms with Crippen LogP contribution < -0.4 is 0 Å². The van der Waals surface area contributed by atoms with Gasteiger partial charge in [0.25, 0.3) is 0 Å². The lowest BCUT2D eigenvalue weighted by Crippen LogP contribution is -2.08. The first-order chi connectivity index (χ1) is 9.74. The Bertz CT molecular complexity index is 750. The molecule has 100 valence electrons. The molecule has 0 aliphatic carbocycles. The number of rotatable bonds is 3. The lowest BCUT2D eigenvalue weighted by Gasteiger charge is -2.03. The van der Waals surface area contributed by atoms with Crippen molar-refractivity contribution in [3.05, 3.63) is 59.0 Å². The first-order valence-electron chi connectivity index (χ1n) is 6.15. The Balaban J connectivity index is 1.73. The second-order valence-corrected chi connectivity index (χ2v) is 5.29. The van der Waals surface area contributed by atoms with Crippen molar-refractivity contribution in [1.29, 1.82) is 0 Å². The van der Waals surface area contributed by atoms with E-state index in [0.29, 0.717) is 0 Å². The van der Waals surface area contributed by atoms with E-state index in [4.69, 9.17) is 4.74 Å². The molecule has 0 atom stereocenters. The predicted molar refractivity (Wildman–Crippen MR) is 77.7 cm³/mol. The molecule has 5 heteroatoms. The van der Waals surface area contributed by atoms with Crippen molar-refractivity contribution in [1.82, 2.24) is 9.97 Å². The van der Waals surface area contributed by atoms with Crippen molar-refractivity contribution in [2.75, 3.05) is 0 Å². The van der Waals surface area contributed by atoms with E-state index in [1.165, 1.54) is 10.9 Å². The van der Waals surface area contributed by atoms with Gasteiger partial charge in [-0.3, -0.25) is 4.98 Å². The average molecular weight is 284 g/mol. The zero-order valence-electron chi connectivity index (χ0n) is 10.9. The minimum Gasteiger partial charge on any atom is -0.456 e. The molecule has 0 saturated heterocycles. The Hall–Kier alpha value is -2.27. The number of carbonyl (C=O) groups excluding carboxylic acids is 1. The van der Waals surface area contributed by atoms with Gasteiger partial charge in [0.05, 0.1) is 11.9 Å². The summed E-state index contributed by atoms with van der Waals surface area (Å²) in [5.74, 6) is -0.451. The van der Waals surface area contributed by atoms with E-state index in [2.05, 4.69) is 16.0 Å². The molecule has 3 rings (SSSR count). The molecule has 20 heavy (non-hydrogen) atoms. The van der Waals surface area contributed by atoms with Crippen LogP contribution in [0.25, 0.3) is 10.1 Å². The quantitative estimate of drug-likeness (QED) is 0.692. The first-order valence-corrected chi connectivity index (χ1v) is 7.03. The Kier molecular flexibility index (Phi) is 3.43. The molecule has 0 aliphatic rings. The topological polar surface area (TPSA) is 52.1 Å². The number of esters is 1. The highest BCUT2D eigenvalue weighted by atomic mass is 32.1. The summed E-state index contributed by atoms with van der Waals surface area (Å²) in [4.78, 5) is 19.9. The Morgan fingerprint density at radius 2 is 2.10 bits per heavy atom. The van der Waals surface area contributed by atoms with Gasteiger partial charge >= 0.3 is 5.97 Å². The summed E-state index contributed by atoms with van der Waals surface area (Å²) in [6, 6.07) is 8.06. The SMILES string of the molecule is Cc1cnc(C(=O)OCc2csc3ccccc23)cn1. The van der Waals surface area contributed by atoms with Crippen LogP contribution in [0.1, 0.15) is 21.7 Å². The largest absolute Gasteiger partial charge is 0.456 e. The Morgan fingerprint density at radius 3 is 2.90 bits per heavy atom. The molecular weight excluding hydrogens is 272 g/mol. The van der Waals surface area contributed by atoms with Gasteiger partial charge in [-0.1, -0.05) is 18.2 Å². The molecule has 0 radical (unpaired) electrons. The summed E-state index contributed by atoms with van der Waals surface area (Å²) in [6.07, 6.45) is 2.99. The molecule has 4 nitrogen and oxygen atoms in total. The third kappa shape index (κ3) is 2.53. The number of aromatic nitrogens is 2. The maximum Gasteiger partial charge on any atom is 0.358 e. The van der Waals surface area contributed by atoms with Crippen LogP contribution >= 0.6 is 11.3 Å². The number of benzene rings is 1. The average Bonchev–Trinajstić information content (AvgIpc) is 2.89. The molecule has 0 unspecified atom stereocenters. The molecule has 2 heterocycles. The van der Waals surface area contributed by atoms with Gasteiger partial charge in [-0.15, -0.1) is 11.3 Å². The van der Waals surface area contributed by atoms with E-state index in [1.807, 2.05) is 30.5 Å². The number of ether oxygens (including phenoxy) is 1. The molecule has 0 fully saturated rings. The molecule has 0 saturated carbocycles. The van der Waals surface area contributed by atoms with Gasteiger partial charge in [0, 0.05) is 16.5 Å². The summed E-state index contributed by atoms with van der Waals surface area (Å²) in [5.41, 5.74) is 2.01. The molecule has 1 aromatic carbocycles. The van der Waals surface area contributed by atoms with E-state index in [9.17, 15) is 4.79 Å². The summed E-state index contributed by atoms with van der Waals surface area (Å²) in [7, 11) is 0. The van der Waals surface area contributed by atoms with E-state index in [1.54, 1.807) is 17.5 Å². The minimum atomic E-state index is -0.451. The van der Waals surface area contributed by atoms with Gasteiger partial charge < -0.3 is 4.74 Å². The minimum absolute atomic E-state index is 0.232. The number of hydrogen-bond acceptors (Lipinski definition) is 5. The fourth-order valence-corrected chi connectivity index (χ4v) is 2.81. The van der Waals surface area contributed by atoms with Crippen LogP contribution in [0.5, 0.6) is 0 Å². The van der Waals surface area contributed by atoms with Crippen LogP contribution in [-0.4, -0.2) is 15.9 Å². The first kappa shape index (κ1) is 12.7. The van der Waals surface area contributed by atoms with Crippen molar-refractivity contribution in [3.63, 3.8) is 0 Å². The number of aryl methyl sites for hydroxylation is 1. The zero-order valence-corrected chi connectivity index (χ0v) is 11.7. The fourth-order valence-electron chi connectivity index (χ4n) is 1.86. The molecule has 0 N–H and O–H groups in total. The maximum absolute atomic E-state index is 11.9. The summed E-state index contributed by atoms with van der Waals surface area (Å²) < 4.78 is 6.47. The summed E-state index contributed by atoms with van der Waals surface area (Å²) >= 11 is 1.64. The van der Waals surface area contributed by atoms with Crippen LogP contribution in [0, 0.1) is 6.92 Å². The van der Waals surface area contributed by atoms with Gasteiger partial charge in [-0.2, -0.15) is 0 Å². The normalized spacial score (nSPS) is 10.7. The van der Waals surface area contributed by atoms with E-state index in [0.717, 1.165) is 16.6 Å². The molecule has 2 aromatic heterocycles. The van der Waals surface area contributed by atoms with Gasteiger partial charge in [0.15, 0.2) is 5.69 Å². The van der Waals surface area contributed by atoms with Crippen LogP contribution in [0.2, 0.25) is 0 Å². The van der Waals surface area contributed by atoms with E-state index in [-0.39, 0.29) is 12.3 Å². The standard InChI is InChI=1S/C15H12N2O2S/c1-10-6-17-13(7-16-10)15(18)19-8-11-9-20-14-5-3-2-4-12(11)14/h2-7,9H,8H2,1H3. The molecule has 0 spiro atoms. The van der Waals surface area contributed by atoms with E-state index >= 15 is 0 Å². The third-order valence-electron chi connectivity index (χ3n) is 2.91. The number of carbonyl (C=O) groups is 1. The zero-order chi connectivity index (χ0) is 13.9. The van der Waals surface area contributed by atoms with Gasteiger partial charge in [0.1, 0.15) is 6.61 Å². The number of thiophene rings is 1. The second kappa shape index (κ2) is 5.38. The van der Waals surface area contributed by atoms with E-state index < -0.39 is 5.97 Å². The Labute approximate surface area is 120 Å². The van der Waals surface area contributed by atoms with Gasteiger partial charge in [-0.05, 0) is 23.8 Å². The predicted octanol–water partition coefficient (Wildman–Crippen LogP) is 3.36. The highest BCUT2D eigenvalue weighted by Crippen LogP contribution is 2.26. The highest BCUT2D eigenvalue weighted by molar-refractivity contribution is 7.17. The number of fused-ring (bicyclic) bond motifs is 1. The number of nitrogens with zero attached hydrogens (tertiary/aromatic N) is 2. The summed E-state index contributed by atoms with van der Waals surface area (Å²) in [6.45, 7) is 2.07. The monoisotopic (exact) mass is 284 g/mol. The van der Waals surface area contributed by atoms with Crippen molar-refractivity contribution >= 4 is 27.4 Å². The van der Waals surface area contributed by atoms with Crippen molar-refractivity contribution in [2.45, 2.75) is 13.5 Å². The second-order valence-electron chi connectivity index (χ2n) is 4.38. The van der Waals surface area contributed by atoms with Crippen LogP contribution in [0.15, 0.2) is 42.0 Å². The van der Waals surface area contributed by atoms with Crippen LogP contribution in [0.3, 0.4) is 0 Å². The van der Waals surface area contributed by atoms with Gasteiger partial charge in [-0.25, -0.2) is 9.78 Å². The lowest BCUT2D eigenvalue weighted by molar-refractivity contribution is 0.0467. The molecular formula is C15H12N2O2S. The third-order valence-corrected chi connectivity index (χ3v) is 3.92. The molecule has 0 aliphatic heterocycles. The number of hydrogen-bond donors (Lipinski definition) is 0. The molecule has 0 amide bonds. The lowest BCUT2D eigenvalue weighted by atomic mass is 10.2. The summed E-state index contributed by atoms with van der Waals surface area (Å²) in [5, 5.41) is 3.14. The van der Waals surface area contributed by atoms with Crippen LogP contribution in [-0.2, 0) is 11.3 Å². The fraction of sp³-hybridized carbons (Fsp3) is 0.133. The van der Waals surface area contributed by atoms with Crippen molar-refractivity contribution in [3.8, 4) is 0 Å². The Morgan fingerprint density at radius 1 is 1.25 bits per heavy atom. The molecule has 0 bridgehead atoms. The molecule has 3 aromatic rings. The maximum atomic E-state index is 11.9. The van der Waals surface area contributed by atoms with Crippen LogP contribution in [0.4, 0.5) is 0 Å². The van der Waals surface area contributed by atoms with Crippen molar-refractivity contribution in [2.24, 2.45) is 0 Å². The highest BCUT2D eigenvalue weighted by Gasteiger charge is 2.11. The van der Waals surface area contributed by atoms with Crippen molar-refractivity contribution < 1.29 is 9.53 Å². The smallest absolute Gasteiger partial charge is 0.358 e. The van der Waals surface area contributed by atoms with Gasteiger partial charge in [0.2, 0.25) is 0 Å².